The molecule has 0 fully saturated rings. The summed E-state index contributed by atoms with van der Waals surface area (Å²) < 4.78 is 1.83. The Bertz CT molecular complexity index is 1140. The normalized spacial score (nSPS) is 11.5. The highest BCUT2D eigenvalue weighted by Crippen LogP contribution is 2.21. The number of halogens is 1. The number of carboxylic acids is 1. The van der Waals surface area contributed by atoms with Crippen molar-refractivity contribution in [2.24, 2.45) is 0 Å². The number of hydrogen-bond donors (Lipinski definition) is 3. The van der Waals surface area contributed by atoms with E-state index in [2.05, 4.69) is 10.6 Å². The largest absolute Gasteiger partial charge is 0.480 e. The maximum atomic E-state index is 12.3. The zero-order chi connectivity index (χ0) is 21.7. The number of carboxylic acid groups (broad SMARTS) is 1. The van der Waals surface area contributed by atoms with Gasteiger partial charge in [-0.2, -0.15) is 0 Å². The number of carbonyl (C=O) groups is 3. The highest BCUT2D eigenvalue weighted by atomic mass is 35.5. The Labute approximate surface area is 179 Å². The Morgan fingerprint density at radius 3 is 2.37 bits per heavy atom. The van der Waals surface area contributed by atoms with Crippen molar-refractivity contribution in [3.63, 3.8) is 0 Å². The molecule has 0 radical (unpaired) electrons. The summed E-state index contributed by atoms with van der Waals surface area (Å²) in [4.78, 5) is 48.0. The zero-order valence-electron chi connectivity index (χ0n) is 15.4. The first-order valence-corrected chi connectivity index (χ1v) is 9.90. The second-order valence-corrected chi connectivity index (χ2v) is 7.85. The van der Waals surface area contributed by atoms with Gasteiger partial charge in [-0.15, -0.1) is 11.3 Å². The molecule has 3 rings (SSSR count). The molecule has 0 spiro atoms. The molecule has 0 saturated carbocycles. The number of nitrogens with zero attached hydrogens (tertiary/aromatic N) is 1. The van der Waals surface area contributed by atoms with Crippen LogP contribution in [0.3, 0.4) is 0 Å². The van der Waals surface area contributed by atoms with Crippen LogP contribution < -0.4 is 16.2 Å². The van der Waals surface area contributed by atoms with Crippen molar-refractivity contribution in [2.75, 3.05) is 6.54 Å². The van der Waals surface area contributed by atoms with Gasteiger partial charge in [-0.3, -0.25) is 19.0 Å². The van der Waals surface area contributed by atoms with Crippen LogP contribution in [-0.4, -0.2) is 40.0 Å². The fourth-order valence-corrected chi connectivity index (χ4v) is 3.52. The van der Waals surface area contributed by atoms with Crippen LogP contribution in [0.2, 0.25) is 4.34 Å². The molecule has 154 valence electrons. The average molecular weight is 446 g/mol. The summed E-state index contributed by atoms with van der Waals surface area (Å²) in [5.74, 6) is -2.39. The predicted octanol–water partition coefficient (Wildman–Crippen LogP) is 2.17. The summed E-state index contributed by atoms with van der Waals surface area (Å²) in [6, 6.07) is 12.7. The lowest BCUT2D eigenvalue weighted by Crippen LogP contribution is -2.48. The number of hydrogen-bond acceptors (Lipinski definition) is 5. The molecule has 0 unspecified atom stereocenters. The van der Waals surface area contributed by atoms with Gasteiger partial charge in [-0.05, 0) is 42.5 Å². The van der Waals surface area contributed by atoms with Crippen molar-refractivity contribution in [2.45, 2.75) is 6.04 Å². The molecule has 0 bridgehead atoms. The second-order valence-electron chi connectivity index (χ2n) is 6.13. The van der Waals surface area contributed by atoms with Gasteiger partial charge in [0.15, 0.2) is 0 Å². The maximum absolute atomic E-state index is 12.3. The van der Waals surface area contributed by atoms with Crippen LogP contribution in [-0.2, 0) is 4.79 Å². The summed E-state index contributed by atoms with van der Waals surface area (Å²) in [6.45, 7) is -0.307. The van der Waals surface area contributed by atoms with Crippen molar-refractivity contribution >= 4 is 40.7 Å². The highest BCUT2D eigenvalue weighted by Gasteiger charge is 2.22. The van der Waals surface area contributed by atoms with Gasteiger partial charge in [0.25, 0.3) is 17.4 Å². The van der Waals surface area contributed by atoms with Gasteiger partial charge in [-0.1, -0.05) is 17.7 Å². The third kappa shape index (κ3) is 5.13. The summed E-state index contributed by atoms with van der Waals surface area (Å²) in [5, 5.41) is 14.2. The predicted molar refractivity (Wildman–Crippen MR) is 113 cm³/mol. The fourth-order valence-electron chi connectivity index (χ4n) is 2.58. The molecule has 0 aliphatic rings. The van der Waals surface area contributed by atoms with Crippen LogP contribution in [0.1, 0.15) is 20.0 Å². The van der Waals surface area contributed by atoms with E-state index >= 15 is 0 Å². The van der Waals surface area contributed by atoms with Gasteiger partial charge in [0, 0.05) is 30.1 Å². The molecule has 30 heavy (non-hydrogen) atoms. The number of pyridine rings is 1. The van der Waals surface area contributed by atoms with Gasteiger partial charge in [0.1, 0.15) is 6.04 Å². The van der Waals surface area contributed by atoms with Crippen LogP contribution in [0.15, 0.2) is 65.6 Å². The number of benzene rings is 1. The lowest BCUT2D eigenvalue weighted by atomic mass is 10.2. The smallest absolute Gasteiger partial charge is 0.328 e. The molecule has 2 amide bonds. The van der Waals surface area contributed by atoms with E-state index in [0.717, 1.165) is 11.3 Å². The van der Waals surface area contributed by atoms with E-state index < -0.39 is 23.8 Å². The highest BCUT2D eigenvalue weighted by molar-refractivity contribution is 7.18. The first-order chi connectivity index (χ1) is 14.3. The summed E-state index contributed by atoms with van der Waals surface area (Å²) >= 11 is 6.80. The molecular weight excluding hydrogens is 430 g/mol. The van der Waals surface area contributed by atoms with Gasteiger partial charge >= 0.3 is 5.97 Å². The first-order valence-electron chi connectivity index (χ1n) is 8.70. The molecule has 1 aromatic carbocycles. The van der Waals surface area contributed by atoms with Gasteiger partial charge in [-0.25, -0.2) is 4.79 Å². The molecule has 1 atom stereocenters. The lowest BCUT2D eigenvalue weighted by molar-refractivity contribution is -0.139. The van der Waals surface area contributed by atoms with Crippen LogP contribution >= 0.6 is 22.9 Å². The number of aromatic nitrogens is 1. The third-order valence-corrected chi connectivity index (χ3v) is 5.33. The molecule has 0 aliphatic heterocycles. The summed E-state index contributed by atoms with van der Waals surface area (Å²) in [5.41, 5.74) is 0.660. The monoisotopic (exact) mass is 445 g/mol. The quantitative estimate of drug-likeness (QED) is 0.515. The average Bonchev–Trinajstić information content (AvgIpc) is 3.17. The van der Waals surface area contributed by atoms with Crippen molar-refractivity contribution in [1.29, 1.82) is 0 Å². The molecule has 0 saturated heterocycles. The molecule has 10 heteroatoms. The van der Waals surface area contributed by atoms with Gasteiger partial charge in [0.05, 0.1) is 9.21 Å². The fraction of sp³-hybridized carbons (Fsp3) is 0.100. The van der Waals surface area contributed by atoms with Crippen molar-refractivity contribution < 1.29 is 19.5 Å². The van der Waals surface area contributed by atoms with E-state index in [0.29, 0.717) is 10.0 Å². The topological polar surface area (TPSA) is 118 Å². The molecule has 8 nitrogen and oxygen atoms in total. The number of nitrogens with one attached hydrogen (secondary N) is 2. The van der Waals surface area contributed by atoms with Crippen LogP contribution in [0.25, 0.3) is 5.69 Å². The number of amides is 2. The van der Waals surface area contributed by atoms with E-state index in [1.165, 1.54) is 34.9 Å². The van der Waals surface area contributed by atoms with Crippen LogP contribution in [0.4, 0.5) is 0 Å². The minimum absolute atomic E-state index is 0.207. The van der Waals surface area contributed by atoms with Crippen molar-refractivity contribution in [1.82, 2.24) is 15.2 Å². The number of aliphatic carboxylic acids is 1. The molecule has 3 N–H and O–H groups in total. The Morgan fingerprint density at radius 1 is 1.03 bits per heavy atom. The lowest BCUT2D eigenvalue weighted by Gasteiger charge is -2.15. The van der Waals surface area contributed by atoms with Gasteiger partial charge in [0.2, 0.25) is 0 Å². The molecule has 2 aromatic heterocycles. The number of rotatable bonds is 7. The molecule has 0 aliphatic carbocycles. The standard InChI is InChI=1S/C20H16ClN3O5S/c21-16-9-8-15(30-16)19(27)23-14(20(28)29)11-22-18(26)12-4-6-13(7-5-12)24-10-2-1-3-17(24)25/h1-10,14H,11H2,(H,22,26)(H,23,27)(H,28,29)/t14-/m0/s1. The second kappa shape index (κ2) is 9.38. The van der Waals surface area contributed by atoms with Crippen molar-refractivity contribution in [3.05, 3.63) is 85.9 Å². The third-order valence-electron chi connectivity index (χ3n) is 4.10. The molecular formula is C20H16ClN3O5S. The number of thiophene rings is 1. The zero-order valence-corrected chi connectivity index (χ0v) is 16.9. The summed E-state index contributed by atoms with van der Waals surface area (Å²) in [6.07, 6.45) is 1.61. The van der Waals surface area contributed by atoms with E-state index in [1.807, 2.05) is 0 Å². The van der Waals surface area contributed by atoms with E-state index in [9.17, 15) is 24.3 Å². The first kappa shape index (κ1) is 21.3. The molecule has 3 aromatic rings. The molecule has 2 heterocycles. The van der Waals surface area contributed by atoms with Gasteiger partial charge < -0.3 is 15.7 Å². The Morgan fingerprint density at radius 2 is 1.77 bits per heavy atom. The Hall–Kier alpha value is -3.43. The van der Waals surface area contributed by atoms with E-state index in [1.54, 1.807) is 30.5 Å². The van der Waals surface area contributed by atoms with E-state index in [-0.39, 0.29) is 22.5 Å². The SMILES string of the molecule is O=C(NC[C@H](NC(=O)c1ccc(Cl)s1)C(=O)O)c1ccc(-n2ccccc2=O)cc1. The minimum atomic E-state index is -1.32. The minimum Gasteiger partial charge on any atom is -0.480 e. The Kier molecular flexibility index (Phi) is 6.65. The number of carbonyl (C=O) groups excluding carboxylic acids is 2. The van der Waals surface area contributed by atoms with E-state index in [4.69, 9.17) is 11.6 Å². The van der Waals surface area contributed by atoms with Crippen LogP contribution in [0.5, 0.6) is 0 Å². The van der Waals surface area contributed by atoms with Crippen molar-refractivity contribution in [3.8, 4) is 5.69 Å². The maximum Gasteiger partial charge on any atom is 0.328 e. The summed E-state index contributed by atoms with van der Waals surface area (Å²) in [7, 11) is 0. The Balaban J connectivity index is 1.63. The van der Waals surface area contributed by atoms with Crippen LogP contribution in [0, 0.1) is 0 Å².